The maximum atomic E-state index is 13.4. The number of benzene rings is 3. The fourth-order valence-electron chi connectivity index (χ4n) is 4.71. The van der Waals surface area contributed by atoms with E-state index in [0.29, 0.717) is 12.8 Å². The van der Waals surface area contributed by atoms with E-state index in [-0.39, 0.29) is 12.0 Å². The highest BCUT2D eigenvalue weighted by Crippen LogP contribution is 2.29. The van der Waals surface area contributed by atoms with Crippen LogP contribution in [0.2, 0.25) is 0 Å². The molecule has 0 fully saturated rings. The van der Waals surface area contributed by atoms with E-state index in [1.54, 1.807) is 12.1 Å². The number of carbonyl (C=O) groups excluding carboxylic acids is 1. The largest absolute Gasteiger partial charge is 0.494 e. The highest BCUT2D eigenvalue weighted by molar-refractivity contribution is 5.90. The van der Waals surface area contributed by atoms with Gasteiger partial charge in [0.2, 0.25) is 0 Å². The third-order valence-corrected chi connectivity index (χ3v) is 7.23. The Morgan fingerprint density at radius 2 is 1.07 bits per heavy atom. The van der Waals surface area contributed by atoms with Gasteiger partial charge in [-0.25, -0.2) is 4.79 Å². The van der Waals surface area contributed by atoms with Gasteiger partial charge in [-0.15, -0.1) is 0 Å². The average Bonchev–Trinajstić information content (AvgIpc) is 2.98. The molecule has 0 bridgehead atoms. The Morgan fingerprint density at radius 1 is 0.634 bits per heavy atom. The monoisotopic (exact) mass is 568 g/mol. The highest BCUT2D eigenvalue weighted by atomic mass is 19.4. The standard InChI is InChI=1S/C35H43F3O3/c1-3-5-7-9-10-12-26-40-32-24-22-30(23-25-32)28-16-14-27(15-17-28)29-18-20-31(21-19-29)34(39)41-33(35(36,37)38)13-11-8-6-4-2/h14-25,33H,3-13,26H2,1-2H3. The Labute approximate surface area is 243 Å². The zero-order valence-electron chi connectivity index (χ0n) is 24.3. The molecule has 0 radical (unpaired) electrons. The Balaban J connectivity index is 1.53. The summed E-state index contributed by atoms with van der Waals surface area (Å²) >= 11 is 0. The molecule has 0 saturated heterocycles. The zero-order valence-corrected chi connectivity index (χ0v) is 24.3. The van der Waals surface area contributed by atoms with Crippen molar-refractivity contribution in [3.8, 4) is 28.0 Å². The number of hydrogen-bond acceptors (Lipinski definition) is 3. The van der Waals surface area contributed by atoms with Gasteiger partial charge in [-0.05, 0) is 65.8 Å². The lowest BCUT2D eigenvalue weighted by atomic mass is 9.99. The van der Waals surface area contributed by atoms with E-state index in [9.17, 15) is 18.0 Å². The van der Waals surface area contributed by atoms with Crippen molar-refractivity contribution in [2.24, 2.45) is 0 Å². The molecule has 0 amide bonds. The van der Waals surface area contributed by atoms with Crippen LogP contribution in [0.4, 0.5) is 13.2 Å². The number of alkyl halides is 3. The van der Waals surface area contributed by atoms with Crippen LogP contribution >= 0.6 is 0 Å². The van der Waals surface area contributed by atoms with Crippen molar-refractivity contribution in [2.75, 3.05) is 6.61 Å². The van der Waals surface area contributed by atoms with Crippen LogP contribution in [0.5, 0.6) is 5.75 Å². The SMILES string of the molecule is CCCCCCCCOc1ccc(-c2ccc(-c3ccc(C(=O)OC(CCCCCC)C(F)(F)F)cc3)cc2)cc1. The lowest BCUT2D eigenvalue weighted by Crippen LogP contribution is -2.33. The second kappa shape index (κ2) is 16.9. The molecule has 1 atom stereocenters. The number of carbonyl (C=O) groups is 1. The zero-order chi connectivity index (χ0) is 29.5. The van der Waals surface area contributed by atoms with Crippen LogP contribution in [0.3, 0.4) is 0 Å². The molecule has 1 unspecified atom stereocenters. The minimum Gasteiger partial charge on any atom is -0.494 e. The average molecular weight is 569 g/mol. The first-order valence-electron chi connectivity index (χ1n) is 15.0. The van der Waals surface area contributed by atoms with Crippen LogP contribution in [-0.4, -0.2) is 24.9 Å². The number of esters is 1. The van der Waals surface area contributed by atoms with E-state index in [0.717, 1.165) is 53.9 Å². The maximum Gasteiger partial charge on any atom is 0.425 e. The van der Waals surface area contributed by atoms with Gasteiger partial charge in [0.1, 0.15) is 5.75 Å². The van der Waals surface area contributed by atoms with Gasteiger partial charge < -0.3 is 9.47 Å². The van der Waals surface area contributed by atoms with Crippen molar-refractivity contribution < 1.29 is 27.4 Å². The van der Waals surface area contributed by atoms with Gasteiger partial charge in [0, 0.05) is 0 Å². The smallest absolute Gasteiger partial charge is 0.425 e. The van der Waals surface area contributed by atoms with Crippen LogP contribution in [0.15, 0.2) is 72.8 Å². The van der Waals surface area contributed by atoms with E-state index in [4.69, 9.17) is 9.47 Å². The predicted molar refractivity (Wildman–Crippen MR) is 160 cm³/mol. The summed E-state index contributed by atoms with van der Waals surface area (Å²) in [6.07, 6.45) is 3.38. The van der Waals surface area contributed by atoms with Crippen molar-refractivity contribution >= 4 is 5.97 Å². The summed E-state index contributed by atoms with van der Waals surface area (Å²) in [6, 6.07) is 22.6. The molecular weight excluding hydrogens is 525 g/mol. The van der Waals surface area contributed by atoms with E-state index in [1.807, 2.05) is 55.5 Å². The van der Waals surface area contributed by atoms with Crippen molar-refractivity contribution in [1.82, 2.24) is 0 Å². The molecule has 3 rings (SSSR count). The second-order valence-electron chi connectivity index (χ2n) is 10.6. The third kappa shape index (κ3) is 10.9. The highest BCUT2D eigenvalue weighted by Gasteiger charge is 2.42. The Hall–Kier alpha value is -3.28. The summed E-state index contributed by atoms with van der Waals surface area (Å²) in [7, 11) is 0. The number of halogens is 3. The number of hydrogen-bond donors (Lipinski definition) is 0. The van der Waals surface area contributed by atoms with Crippen LogP contribution in [-0.2, 0) is 4.74 Å². The molecule has 0 heterocycles. The quantitative estimate of drug-likeness (QED) is 0.120. The van der Waals surface area contributed by atoms with Gasteiger partial charge in [0.15, 0.2) is 6.10 Å². The molecule has 3 nitrogen and oxygen atoms in total. The summed E-state index contributed by atoms with van der Waals surface area (Å²) in [4.78, 5) is 12.5. The molecule has 41 heavy (non-hydrogen) atoms. The molecule has 6 heteroatoms. The van der Waals surface area contributed by atoms with E-state index < -0.39 is 18.2 Å². The topological polar surface area (TPSA) is 35.5 Å². The minimum atomic E-state index is -4.58. The summed E-state index contributed by atoms with van der Waals surface area (Å²) in [5.74, 6) is -0.0836. The first kappa shape index (κ1) is 32.2. The normalized spacial score (nSPS) is 12.2. The number of unbranched alkanes of at least 4 members (excludes halogenated alkanes) is 8. The summed E-state index contributed by atoms with van der Waals surface area (Å²) in [5, 5.41) is 0. The third-order valence-electron chi connectivity index (χ3n) is 7.23. The first-order chi connectivity index (χ1) is 19.8. The van der Waals surface area contributed by atoms with E-state index in [2.05, 4.69) is 6.92 Å². The summed E-state index contributed by atoms with van der Waals surface area (Å²) in [5.41, 5.74) is 4.05. The van der Waals surface area contributed by atoms with Crippen molar-refractivity contribution in [2.45, 2.75) is 96.8 Å². The molecule has 0 saturated carbocycles. The molecule has 3 aromatic rings. The molecule has 0 spiro atoms. The molecule has 3 aromatic carbocycles. The number of rotatable bonds is 17. The molecular formula is C35H43F3O3. The van der Waals surface area contributed by atoms with Crippen LogP contribution in [0, 0.1) is 0 Å². The fraction of sp³-hybridized carbons (Fsp3) is 0.457. The lowest BCUT2D eigenvalue weighted by Gasteiger charge is -2.20. The summed E-state index contributed by atoms with van der Waals surface area (Å²) in [6.45, 7) is 4.95. The van der Waals surface area contributed by atoms with Crippen LogP contribution in [0.25, 0.3) is 22.3 Å². The first-order valence-corrected chi connectivity index (χ1v) is 15.0. The lowest BCUT2D eigenvalue weighted by molar-refractivity contribution is -0.206. The fourth-order valence-corrected chi connectivity index (χ4v) is 4.71. The van der Waals surface area contributed by atoms with Gasteiger partial charge >= 0.3 is 12.1 Å². The van der Waals surface area contributed by atoms with E-state index in [1.165, 1.54) is 44.2 Å². The molecule has 0 aliphatic heterocycles. The molecule has 0 aromatic heterocycles. The van der Waals surface area contributed by atoms with Crippen molar-refractivity contribution in [1.29, 1.82) is 0 Å². The Kier molecular flexibility index (Phi) is 13.3. The summed E-state index contributed by atoms with van der Waals surface area (Å²) < 4.78 is 50.9. The van der Waals surface area contributed by atoms with E-state index >= 15 is 0 Å². The molecule has 0 aliphatic carbocycles. The van der Waals surface area contributed by atoms with Gasteiger partial charge in [-0.2, -0.15) is 13.2 Å². The number of ether oxygens (including phenoxy) is 2. The van der Waals surface area contributed by atoms with Gasteiger partial charge in [0.25, 0.3) is 0 Å². The van der Waals surface area contributed by atoms with Gasteiger partial charge in [0.05, 0.1) is 12.2 Å². The second-order valence-corrected chi connectivity index (χ2v) is 10.6. The van der Waals surface area contributed by atoms with Crippen LogP contribution in [0.1, 0.15) is 94.8 Å². The van der Waals surface area contributed by atoms with Crippen LogP contribution < -0.4 is 4.74 Å². The maximum absolute atomic E-state index is 13.4. The van der Waals surface area contributed by atoms with Crippen molar-refractivity contribution in [3.63, 3.8) is 0 Å². The molecule has 222 valence electrons. The molecule has 0 aliphatic rings. The Morgan fingerprint density at radius 3 is 1.59 bits per heavy atom. The molecule has 0 N–H and O–H groups in total. The predicted octanol–water partition coefficient (Wildman–Crippen LogP) is 10.8. The van der Waals surface area contributed by atoms with Gasteiger partial charge in [-0.1, -0.05) is 114 Å². The minimum absolute atomic E-state index is 0.104. The Bertz CT molecular complexity index is 1150. The van der Waals surface area contributed by atoms with Crippen molar-refractivity contribution in [3.05, 3.63) is 78.4 Å². The van der Waals surface area contributed by atoms with Gasteiger partial charge in [-0.3, -0.25) is 0 Å².